The standard InChI is InChI=1S/C17H24ClN5OS/c1-12(2)5-4-6-13(3)19-16(24)11-25-17-20-21-22-23(17)15-9-7-14(18)8-10-15/h7-10,12-13H,4-6,11H2,1-3H3,(H,19,24). The Kier molecular flexibility index (Phi) is 7.71. The van der Waals surface area contributed by atoms with Gasteiger partial charge in [-0.15, -0.1) is 5.10 Å². The fourth-order valence-corrected chi connectivity index (χ4v) is 3.19. The largest absolute Gasteiger partial charge is 0.353 e. The second kappa shape index (κ2) is 9.77. The highest BCUT2D eigenvalue weighted by molar-refractivity contribution is 7.99. The minimum Gasteiger partial charge on any atom is -0.353 e. The molecule has 1 atom stereocenters. The smallest absolute Gasteiger partial charge is 0.230 e. The molecular weight excluding hydrogens is 358 g/mol. The molecule has 2 aromatic rings. The van der Waals surface area contributed by atoms with Gasteiger partial charge in [0.1, 0.15) is 0 Å². The summed E-state index contributed by atoms with van der Waals surface area (Å²) in [6.45, 7) is 6.47. The van der Waals surface area contributed by atoms with Gasteiger partial charge < -0.3 is 5.32 Å². The first-order chi connectivity index (χ1) is 12.0. The normalized spacial score (nSPS) is 12.4. The predicted molar refractivity (Wildman–Crippen MR) is 101 cm³/mol. The Balaban J connectivity index is 1.82. The van der Waals surface area contributed by atoms with Crippen molar-refractivity contribution in [3.05, 3.63) is 29.3 Å². The van der Waals surface area contributed by atoms with Crippen molar-refractivity contribution in [3.8, 4) is 5.69 Å². The third kappa shape index (κ3) is 6.66. The van der Waals surface area contributed by atoms with Crippen LogP contribution in [0.3, 0.4) is 0 Å². The molecule has 1 amide bonds. The van der Waals surface area contributed by atoms with Gasteiger partial charge in [0, 0.05) is 11.1 Å². The van der Waals surface area contributed by atoms with Crippen molar-refractivity contribution in [2.45, 2.75) is 51.2 Å². The number of benzene rings is 1. The highest BCUT2D eigenvalue weighted by Gasteiger charge is 2.13. The SMILES string of the molecule is CC(C)CCCC(C)NC(=O)CSc1nnnn1-c1ccc(Cl)cc1. The molecule has 136 valence electrons. The molecule has 0 saturated heterocycles. The van der Waals surface area contributed by atoms with E-state index < -0.39 is 0 Å². The molecular formula is C17H24ClN5OS. The molecule has 25 heavy (non-hydrogen) atoms. The van der Waals surface area contributed by atoms with Crippen LogP contribution in [-0.4, -0.2) is 37.9 Å². The summed E-state index contributed by atoms with van der Waals surface area (Å²) in [5.74, 6) is 0.973. The number of thioether (sulfide) groups is 1. The molecule has 6 nitrogen and oxygen atoms in total. The van der Waals surface area contributed by atoms with E-state index in [9.17, 15) is 4.79 Å². The van der Waals surface area contributed by atoms with Gasteiger partial charge in [0.25, 0.3) is 0 Å². The Labute approximate surface area is 157 Å². The van der Waals surface area contributed by atoms with E-state index in [0.29, 0.717) is 16.1 Å². The van der Waals surface area contributed by atoms with Gasteiger partial charge >= 0.3 is 0 Å². The van der Waals surface area contributed by atoms with Crippen LogP contribution >= 0.6 is 23.4 Å². The lowest BCUT2D eigenvalue weighted by molar-refractivity contribution is -0.119. The fourth-order valence-electron chi connectivity index (χ4n) is 2.36. The molecule has 1 unspecified atom stereocenters. The van der Waals surface area contributed by atoms with Crippen LogP contribution in [0, 0.1) is 5.92 Å². The average Bonchev–Trinajstić information content (AvgIpc) is 3.01. The van der Waals surface area contributed by atoms with Crippen molar-refractivity contribution < 1.29 is 4.79 Å². The number of rotatable bonds is 9. The van der Waals surface area contributed by atoms with Crippen LogP contribution < -0.4 is 5.32 Å². The quantitative estimate of drug-likeness (QED) is 0.670. The summed E-state index contributed by atoms with van der Waals surface area (Å²) in [6, 6.07) is 7.40. The second-order valence-corrected chi connectivity index (χ2v) is 7.81. The first-order valence-electron chi connectivity index (χ1n) is 8.42. The summed E-state index contributed by atoms with van der Waals surface area (Å²) in [5.41, 5.74) is 0.805. The van der Waals surface area contributed by atoms with E-state index in [1.54, 1.807) is 16.8 Å². The summed E-state index contributed by atoms with van der Waals surface area (Å²) in [6.07, 6.45) is 3.31. The van der Waals surface area contributed by atoms with Gasteiger partial charge in [0.05, 0.1) is 11.4 Å². The van der Waals surface area contributed by atoms with E-state index in [-0.39, 0.29) is 17.7 Å². The number of hydrogen-bond donors (Lipinski definition) is 1. The number of tetrazole rings is 1. The van der Waals surface area contributed by atoms with Crippen LogP contribution in [0.4, 0.5) is 0 Å². The average molecular weight is 382 g/mol. The Morgan fingerprint density at radius 3 is 2.64 bits per heavy atom. The van der Waals surface area contributed by atoms with E-state index in [0.717, 1.165) is 18.5 Å². The molecule has 0 aliphatic heterocycles. The van der Waals surface area contributed by atoms with E-state index in [2.05, 4.69) is 34.7 Å². The van der Waals surface area contributed by atoms with E-state index in [1.165, 1.54) is 18.2 Å². The molecule has 0 aliphatic carbocycles. The molecule has 0 spiro atoms. The van der Waals surface area contributed by atoms with Crippen molar-refractivity contribution in [2.75, 3.05) is 5.75 Å². The van der Waals surface area contributed by atoms with Gasteiger partial charge in [-0.25, -0.2) is 0 Å². The summed E-state index contributed by atoms with van der Waals surface area (Å²) >= 11 is 7.21. The lowest BCUT2D eigenvalue weighted by Gasteiger charge is -2.14. The number of hydrogen-bond acceptors (Lipinski definition) is 5. The minimum absolute atomic E-state index is 0.00676. The molecule has 1 aromatic carbocycles. The minimum atomic E-state index is -0.00676. The lowest BCUT2D eigenvalue weighted by Crippen LogP contribution is -2.33. The molecule has 0 radical (unpaired) electrons. The van der Waals surface area contributed by atoms with Crippen molar-refractivity contribution in [1.82, 2.24) is 25.5 Å². The number of carbonyl (C=O) groups excluding carboxylic acids is 1. The maximum absolute atomic E-state index is 12.1. The van der Waals surface area contributed by atoms with E-state index in [4.69, 9.17) is 11.6 Å². The monoisotopic (exact) mass is 381 g/mol. The number of carbonyl (C=O) groups is 1. The van der Waals surface area contributed by atoms with Crippen LogP contribution in [-0.2, 0) is 4.79 Å². The summed E-state index contributed by atoms with van der Waals surface area (Å²) < 4.78 is 1.60. The van der Waals surface area contributed by atoms with Crippen LogP contribution in [0.1, 0.15) is 40.0 Å². The van der Waals surface area contributed by atoms with Gasteiger partial charge in [-0.1, -0.05) is 50.1 Å². The van der Waals surface area contributed by atoms with E-state index >= 15 is 0 Å². The van der Waals surface area contributed by atoms with Gasteiger partial charge in [-0.2, -0.15) is 4.68 Å². The molecule has 2 rings (SSSR count). The fraction of sp³-hybridized carbons (Fsp3) is 0.529. The zero-order chi connectivity index (χ0) is 18.2. The Morgan fingerprint density at radius 2 is 1.96 bits per heavy atom. The highest BCUT2D eigenvalue weighted by atomic mass is 35.5. The third-order valence-electron chi connectivity index (χ3n) is 3.67. The second-order valence-electron chi connectivity index (χ2n) is 6.43. The Morgan fingerprint density at radius 1 is 1.24 bits per heavy atom. The van der Waals surface area contributed by atoms with Crippen molar-refractivity contribution in [1.29, 1.82) is 0 Å². The van der Waals surface area contributed by atoms with Crippen LogP contribution in [0.15, 0.2) is 29.4 Å². The molecule has 8 heteroatoms. The van der Waals surface area contributed by atoms with Gasteiger partial charge in [0.15, 0.2) is 0 Å². The first kappa shape index (κ1) is 19.7. The molecule has 0 saturated carbocycles. The molecule has 1 aromatic heterocycles. The van der Waals surface area contributed by atoms with Crippen LogP contribution in [0.5, 0.6) is 0 Å². The molecule has 0 aliphatic rings. The van der Waals surface area contributed by atoms with Crippen LogP contribution in [0.25, 0.3) is 5.69 Å². The summed E-state index contributed by atoms with van der Waals surface area (Å²) in [5, 5.41) is 15.9. The summed E-state index contributed by atoms with van der Waals surface area (Å²) in [7, 11) is 0. The molecule has 0 bridgehead atoms. The number of nitrogens with one attached hydrogen (secondary N) is 1. The first-order valence-corrected chi connectivity index (χ1v) is 9.78. The maximum Gasteiger partial charge on any atom is 0.230 e. The topological polar surface area (TPSA) is 72.7 Å². The van der Waals surface area contributed by atoms with Crippen molar-refractivity contribution in [3.63, 3.8) is 0 Å². The molecule has 1 heterocycles. The maximum atomic E-state index is 12.1. The zero-order valence-electron chi connectivity index (χ0n) is 14.8. The summed E-state index contributed by atoms with van der Waals surface area (Å²) in [4.78, 5) is 12.1. The van der Waals surface area contributed by atoms with Gasteiger partial charge in [-0.3, -0.25) is 4.79 Å². The molecule has 1 N–H and O–H groups in total. The lowest BCUT2D eigenvalue weighted by atomic mass is 10.0. The number of halogens is 1. The van der Waals surface area contributed by atoms with Crippen molar-refractivity contribution >= 4 is 29.3 Å². The Hall–Kier alpha value is -1.60. The number of nitrogens with zero attached hydrogens (tertiary/aromatic N) is 4. The van der Waals surface area contributed by atoms with Gasteiger partial charge in [-0.05, 0) is 54.0 Å². The number of amides is 1. The zero-order valence-corrected chi connectivity index (χ0v) is 16.3. The van der Waals surface area contributed by atoms with Crippen LogP contribution in [0.2, 0.25) is 5.02 Å². The predicted octanol–water partition coefficient (Wildman–Crippen LogP) is 3.74. The van der Waals surface area contributed by atoms with E-state index in [1.807, 2.05) is 19.1 Å². The highest BCUT2D eigenvalue weighted by Crippen LogP contribution is 2.19. The van der Waals surface area contributed by atoms with Gasteiger partial charge in [0.2, 0.25) is 11.1 Å². The van der Waals surface area contributed by atoms with Crippen molar-refractivity contribution in [2.24, 2.45) is 5.92 Å². The Bertz CT molecular complexity index is 674. The third-order valence-corrected chi connectivity index (χ3v) is 4.84. The number of aromatic nitrogens is 4. The molecule has 0 fully saturated rings.